The maximum absolute atomic E-state index is 13.2. The predicted molar refractivity (Wildman–Crippen MR) is 76.8 cm³/mol. The van der Waals surface area contributed by atoms with Gasteiger partial charge in [0.15, 0.2) is 0 Å². The lowest BCUT2D eigenvalue weighted by atomic mass is 10.2. The van der Waals surface area contributed by atoms with Gasteiger partial charge in [-0.2, -0.15) is 0 Å². The molecule has 0 spiro atoms. The molecule has 0 radical (unpaired) electrons. The van der Waals surface area contributed by atoms with Crippen molar-refractivity contribution >= 4 is 34.3 Å². The minimum atomic E-state index is -0.495. The first-order valence-electron chi connectivity index (χ1n) is 5.65. The Kier molecular flexibility index (Phi) is 4.09. The summed E-state index contributed by atoms with van der Waals surface area (Å²) < 4.78 is 13.2. The molecular formula is C13H14ClFN2S. The van der Waals surface area contributed by atoms with Gasteiger partial charge in [-0.1, -0.05) is 18.5 Å². The lowest BCUT2D eigenvalue weighted by molar-refractivity contribution is 0.629. The number of anilines is 2. The molecule has 1 aromatic carbocycles. The average Bonchev–Trinajstić information content (AvgIpc) is 2.79. The molecule has 5 heteroatoms. The van der Waals surface area contributed by atoms with E-state index in [0.717, 1.165) is 6.42 Å². The van der Waals surface area contributed by atoms with Crippen LogP contribution in [0.2, 0.25) is 5.02 Å². The topological polar surface area (TPSA) is 38.0 Å². The van der Waals surface area contributed by atoms with Crippen molar-refractivity contribution in [2.45, 2.75) is 19.9 Å². The van der Waals surface area contributed by atoms with Crippen molar-refractivity contribution in [1.82, 2.24) is 0 Å². The third-order valence-corrected chi connectivity index (χ3v) is 4.00. The minimum Gasteiger partial charge on any atom is -0.397 e. The molecule has 0 aliphatic heterocycles. The van der Waals surface area contributed by atoms with Crippen LogP contribution >= 0.6 is 22.9 Å². The number of rotatable bonds is 4. The first kappa shape index (κ1) is 13.2. The Morgan fingerprint density at radius 2 is 2.22 bits per heavy atom. The van der Waals surface area contributed by atoms with Crippen molar-refractivity contribution in [3.63, 3.8) is 0 Å². The lowest BCUT2D eigenvalue weighted by Crippen LogP contribution is -2.03. The van der Waals surface area contributed by atoms with Crippen LogP contribution in [0.1, 0.15) is 17.4 Å². The molecule has 0 amide bonds. The molecule has 0 aliphatic rings. The van der Waals surface area contributed by atoms with Crippen molar-refractivity contribution in [1.29, 1.82) is 0 Å². The van der Waals surface area contributed by atoms with Crippen LogP contribution in [0.5, 0.6) is 0 Å². The largest absolute Gasteiger partial charge is 0.397 e. The molecular weight excluding hydrogens is 271 g/mol. The van der Waals surface area contributed by atoms with E-state index in [-0.39, 0.29) is 5.02 Å². The van der Waals surface area contributed by atoms with Gasteiger partial charge in [0.25, 0.3) is 0 Å². The maximum Gasteiger partial charge on any atom is 0.143 e. The predicted octanol–water partition coefficient (Wildman–Crippen LogP) is 4.30. The van der Waals surface area contributed by atoms with Gasteiger partial charge in [-0.25, -0.2) is 4.39 Å². The van der Waals surface area contributed by atoms with Crippen molar-refractivity contribution in [3.05, 3.63) is 44.9 Å². The summed E-state index contributed by atoms with van der Waals surface area (Å²) in [5, 5.41) is 5.34. The summed E-state index contributed by atoms with van der Waals surface area (Å²) in [6, 6.07) is 4.87. The molecule has 0 atom stereocenters. The number of benzene rings is 1. The molecule has 1 aromatic heterocycles. The fraction of sp³-hybridized carbons (Fsp3) is 0.231. The summed E-state index contributed by atoms with van der Waals surface area (Å²) in [6.45, 7) is 2.79. The summed E-state index contributed by atoms with van der Waals surface area (Å²) in [6.07, 6.45) is 1.00. The number of halogens is 2. The van der Waals surface area contributed by atoms with E-state index >= 15 is 0 Å². The molecule has 2 rings (SSSR count). The van der Waals surface area contributed by atoms with Crippen LogP contribution in [0.4, 0.5) is 15.8 Å². The molecule has 0 fully saturated rings. The van der Waals surface area contributed by atoms with E-state index in [0.29, 0.717) is 17.9 Å². The summed E-state index contributed by atoms with van der Waals surface area (Å²) in [5.41, 5.74) is 8.09. The Balaban J connectivity index is 2.13. The molecule has 0 bridgehead atoms. The summed E-state index contributed by atoms with van der Waals surface area (Å²) in [4.78, 5) is 1.26. The molecule has 96 valence electrons. The van der Waals surface area contributed by atoms with Gasteiger partial charge in [-0.05, 0) is 29.5 Å². The molecule has 0 saturated carbocycles. The number of thiophene rings is 1. The van der Waals surface area contributed by atoms with Crippen molar-refractivity contribution in [2.24, 2.45) is 0 Å². The molecule has 3 N–H and O–H groups in total. The molecule has 18 heavy (non-hydrogen) atoms. The van der Waals surface area contributed by atoms with E-state index in [1.807, 2.05) is 0 Å². The Hall–Kier alpha value is -1.26. The second kappa shape index (κ2) is 5.59. The second-order valence-corrected chi connectivity index (χ2v) is 5.34. The van der Waals surface area contributed by atoms with Gasteiger partial charge >= 0.3 is 0 Å². The quantitative estimate of drug-likeness (QED) is 0.822. The zero-order valence-corrected chi connectivity index (χ0v) is 11.5. The number of aryl methyl sites for hydroxylation is 1. The van der Waals surface area contributed by atoms with E-state index in [4.69, 9.17) is 17.3 Å². The Morgan fingerprint density at radius 1 is 1.44 bits per heavy atom. The van der Waals surface area contributed by atoms with Crippen LogP contribution < -0.4 is 11.1 Å². The van der Waals surface area contributed by atoms with Gasteiger partial charge in [0.2, 0.25) is 0 Å². The van der Waals surface area contributed by atoms with Gasteiger partial charge in [-0.15, -0.1) is 11.3 Å². The van der Waals surface area contributed by atoms with Crippen molar-refractivity contribution in [3.8, 4) is 0 Å². The van der Waals surface area contributed by atoms with Gasteiger partial charge in [0.1, 0.15) is 5.82 Å². The average molecular weight is 285 g/mol. The molecule has 0 aliphatic carbocycles. The summed E-state index contributed by atoms with van der Waals surface area (Å²) >= 11 is 7.43. The summed E-state index contributed by atoms with van der Waals surface area (Å²) in [5.74, 6) is -0.495. The fourth-order valence-electron chi connectivity index (χ4n) is 1.73. The third-order valence-electron chi connectivity index (χ3n) is 2.75. The molecule has 0 unspecified atom stereocenters. The van der Waals surface area contributed by atoms with Crippen LogP contribution in [0.15, 0.2) is 23.6 Å². The molecule has 2 nitrogen and oxygen atoms in total. The highest BCUT2D eigenvalue weighted by Crippen LogP contribution is 2.27. The third kappa shape index (κ3) is 2.76. The highest BCUT2D eigenvalue weighted by Gasteiger charge is 2.07. The first-order valence-corrected chi connectivity index (χ1v) is 6.91. The normalized spacial score (nSPS) is 10.6. The number of hydrogen-bond donors (Lipinski definition) is 2. The number of hydrogen-bond acceptors (Lipinski definition) is 3. The number of nitrogens with two attached hydrogens (primary N) is 1. The van der Waals surface area contributed by atoms with Gasteiger partial charge in [0.05, 0.1) is 16.4 Å². The maximum atomic E-state index is 13.2. The molecule has 2 aromatic rings. The van der Waals surface area contributed by atoms with E-state index < -0.39 is 5.82 Å². The van der Waals surface area contributed by atoms with E-state index in [1.54, 1.807) is 11.3 Å². The Bertz CT molecular complexity index is 554. The van der Waals surface area contributed by atoms with Gasteiger partial charge in [-0.3, -0.25) is 0 Å². The first-order chi connectivity index (χ1) is 8.61. The monoisotopic (exact) mass is 284 g/mol. The highest BCUT2D eigenvalue weighted by atomic mass is 35.5. The lowest BCUT2D eigenvalue weighted by Gasteiger charge is -2.10. The number of nitrogens with one attached hydrogen (secondary N) is 1. The smallest absolute Gasteiger partial charge is 0.143 e. The van der Waals surface area contributed by atoms with Crippen molar-refractivity contribution < 1.29 is 4.39 Å². The van der Waals surface area contributed by atoms with Crippen molar-refractivity contribution in [2.75, 3.05) is 11.1 Å². The van der Waals surface area contributed by atoms with Gasteiger partial charge < -0.3 is 11.1 Å². The van der Waals surface area contributed by atoms with Crippen LogP contribution in [0, 0.1) is 5.82 Å². The highest BCUT2D eigenvalue weighted by molar-refractivity contribution is 7.10. The number of nitrogen functional groups attached to an aromatic ring is 1. The zero-order chi connectivity index (χ0) is 13.1. The SMILES string of the molecule is CCc1ccsc1CNc1cc(Cl)c(F)cc1N. The van der Waals surface area contributed by atoms with Crippen LogP contribution in [0.3, 0.4) is 0 Å². The summed E-state index contributed by atoms with van der Waals surface area (Å²) in [7, 11) is 0. The molecule has 1 heterocycles. The minimum absolute atomic E-state index is 0.0774. The van der Waals surface area contributed by atoms with Gasteiger partial charge in [0, 0.05) is 17.5 Å². The molecule has 0 saturated heterocycles. The van der Waals surface area contributed by atoms with E-state index in [2.05, 4.69) is 23.7 Å². The standard InChI is InChI=1S/C13H14ClFN2S/c1-2-8-3-4-18-13(8)7-17-12-5-9(14)10(15)6-11(12)16/h3-6,17H,2,7,16H2,1H3. The van der Waals surface area contributed by atoms with E-state index in [1.165, 1.54) is 22.6 Å². The Morgan fingerprint density at radius 3 is 2.94 bits per heavy atom. The fourth-order valence-corrected chi connectivity index (χ4v) is 2.81. The van der Waals surface area contributed by atoms with E-state index in [9.17, 15) is 4.39 Å². The van der Waals surface area contributed by atoms with Crippen LogP contribution in [0.25, 0.3) is 0 Å². The second-order valence-electron chi connectivity index (χ2n) is 3.93. The van der Waals surface area contributed by atoms with Crippen LogP contribution in [-0.4, -0.2) is 0 Å². The Labute approximate surface area is 115 Å². The van der Waals surface area contributed by atoms with Crippen LogP contribution in [-0.2, 0) is 13.0 Å². The zero-order valence-electron chi connectivity index (χ0n) is 9.97.